The molecule has 0 saturated carbocycles. The summed E-state index contributed by atoms with van der Waals surface area (Å²) < 4.78 is 1.52. The number of carbonyl (C=O) groups is 1. The minimum Gasteiger partial charge on any atom is -0.310 e. The zero-order valence-electron chi connectivity index (χ0n) is 23.1. The highest BCUT2D eigenvalue weighted by atomic mass is 16.1. The van der Waals surface area contributed by atoms with E-state index in [1.807, 2.05) is 18.2 Å². The van der Waals surface area contributed by atoms with Gasteiger partial charge in [-0.15, -0.1) is 0 Å². The molecule has 8 nitrogen and oxygen atoms in total. The number of hydrogen-bond acceptors (Lipinski definition) is 7. The number of ketones is 1. The molecule has 0 amide bonds. The van der Waals surface area contributed by atoms with E-state index in [2.05, 4.69) is 75.0 Å². The third-order valence-corrected chi connectivity index (χ3v) is 6.47. The predicted molar refractivity (Wildman–Crippen MR) is 158 cm³/mol. The number of Topliss-reactive ketones (excluding diaryl/α,β-unsaturated/α-hetero) is 1. The lowest BCUT2D eigenvalue weighted by atomic mass is 10.1. The summed E-state index contributed by atoms with van der Waals surface area (Å²) in [5.41, 5.74) is 4.49. The first-order valence-corrected chi connectivity index (χ1v) is 13.4. The molecule has 0 aliphatic rings. The Morgan fingerprint density at radius 2 is 1.78 bits per heavy atom. The number of carbonyl (C=O) groups excluding carboxylic acids is 1. The summed E-state index contributed by atoms with van der Waals surface area (Å²) >= 11 is 0. The summed E-state index contributed by atoms with van der Waals surface area (Å²) in [7, 11) is 4.11. The van der Waals surface area contributed by atoms with E-state index in [9.17, 15) is 9.59 Å². The lowest BCUT2D eigenvalue weighted by Crippen LogP contribution is -2.26. The Hall–Kier alpha value is -5.00. The maximum atomic E-state index is 12.8. The van der Waals surface area contributed by atoms with E-state index in [4.69, 9.17) is 0 Å². The number of fused-ring (bicyclic) bond motifs is 1. The van der Waals surface area contributed by atoms with Crippen LogP contribution in [0.2, 0.25) is 0 Å². The van der Waals surface area contributed by atoms with Crippen molar-refractivity contribution in [3.05, 3.63) is 130 Å². The molecule has 1 aromatic carbocycles. The van der Waals surface area contributed by atoms with E-state index in [1.54, 1.807) is 43.1 Å². The molecule has 41 heavy (non-hydrogen) atoms. The maximum Gasteiger partial charge on any atom is 0.261 e. The topological polar surface area (TPSA) is 93.9 Å². The molecule has 204 valence electrons. The first kappa shape index (κ1) is 27.6. The fourth-order valence-corrected chi connectivity index (χ4v) is 4.46. The standard InChI is InChI=1S/C33H30N6O2/c1-38(2)22-25-13-11-24(12-14-25)18-31-35-21-28-17-26(20-36-32(28)37-31)7-3-4-10-30(40)29-9-6-16-39(33(29)41)23-27-8-5-15-34-19-27/h5-6,8-9,11-17,19-21H,4,10,18,22-23H2,1-2H3. The second-order valence-corrected chi connectivity index (χ2v) is 10.1. The second kappa shape index (κ2) is 12.9. The van der Waals surface area contributed by atoms with Crippen molar-refractivity contribution in [2.45, 2.75) is 32.4 Å². The molecule has 0 aliphatic heterocycles. The van der Waals surface area contributed by atoms with E-state index >= 15 is 0 Å². The smallest absolute Gasteiger partial charge is 0.261 e. The molecule has 4 heterocycles. The summed E-state index contributed by atoms with van der Waals surface area (Å²) in [5, 5.41) is 0.802. The van der Waals surface area contributed by atoms with E-state index in [1.165, 1.54) is 10.1 Å². The van der Waals surface area contributed by atoms with Crippen LogP contribution >= 0.6 is 0 Å². The van der Waals surface area contributed by atoms with Crippen LogP contribution < -0.4 is 5.56 Å². The van der Waals surface area contributed by atoms with Crippen LogP contribution in [0.3, 0.4) is 0 Å². The van der Waals surface area contributed by atoms with Gasteiger partial charge < -0.3 is 9.47 Å². The van der Waals surface area contributed by atoms with Crippen molar-refractivity contribution >= 4 is 16.8 Å². The molecule has 0 fully saturated rings. The van der Waals surface area contributed by atoms with Crippen LogP contribution in [0.4, 0.5) is 0 Å². The van der Waals surface area contributed by atoms with Crippen LogP contribution in [-0.2, 0) is 19.5 Å². The average Bonchev–Trinajstić information content (AvgIpc) is 2.97. The molecular formula is C33H30N6O2. The highest BCUT2D eigenvalue weighted by molar-refractivity contribution is 5.95. The van der Waals surface area contributed by atoms with Gasteiger partial charge in [-0.25, -0.2) is 15.0 Å². The van der Waals surface area contributed by atoms with E-state index < -0.39 is 0 Å². The first-order valence-electron chi connectivity index (χ1n) is 13.4. The fourth-order valence-electron chi connectivity index (χ4n) is 4.46. The summed E-state index contributed by atoms with van der Waals surface area (Å²) in [4.78, 5) is 45.4. The van der Waals surface area contributed by atoms with E-state index in [-0.39, 0.29) is 23.3 Å². The van der Waals surface area contributed by atoms with Crippen LogP contribution in [0.1, 0.15) is 51.3 Å². The summed E-state index contributed by atoms with van der Waals surface area (Å²) in [6, 6.07) is 17.4. The van der Waals surface area contributed by atoms with Gasteiger partial charge in [-0.3, -0.25) is 14.6 Å². The number of pyridine rings is 3. The molecule has 0 unspecified atom stereocenters. The molecule has 4 aromatic heterocycles. The summed E-state index contributed by atoms with van der Waals surface area (Å²) in [6.45, 7) is 1.26. The number of hydrogen-bond donors (Lipinski definition) is 0. The van der Waals surface area contributed by atoms with Crippen molar-refractivity contribution in [3.8, 4) is 11.8 Å². The largest absolute Gasteiger partial charge is 0.310 e. The normalized spacial score (nSPS) is 10.9. The van der Waals surface area contributed by atoms with E-state index in [0.29, 0.717) is 30.9 Å². The Morgan fingerprint density at radius 1 is 0.951 bits per heavy atom. The first-order chi connectivity index (χ1) is 19.9. The minimum absolute atomic E-state index is 0.156. The van der Waals surface area contributed by atoms with Gasteiger partial charge >= 0.3 is 0 Å². The Labute approximate surface area is 238 Å². The Bertz CT molecular complexity index is 1780. The molecule has 0 bridgehead atoms. The van der Waals surface area contributed by atoms with Crippen LogP contribution in [0, 0.1) is 11.8 Å². The van der Waals surface area contributed by atoms with E-state index in [0.717, 1.165) is 28.6 Å². The molecule has 0 N–H and O–H groups in total. The molecule has 0 aliphatic carbocycles. The van der Waals surface area contributed by atoms with Gasteiger partial charge in [0.05, 0.1) is 12.1 Å². The van der Waals surface area contributed by atoms with Gasteiger partial charge in [0.25, 0.3) is 5.56 Å². The summed E-state index contributed by atoms with van der Waals surface area (Å²) in [6.07, 6.45) is 9.62. The third-order valence-electron chi connectivity index (χ3n) is 6.47. The highest BCUT2D eigenvalue weighted by Crippen LogP contribution is 2.14. The lowest BCUT2D eigenvalue weighted by Gasteiger charge is -2.10. The van der Waals surface area contributed by atoms with Gasteiger partial charge in [0.15, 0.2) is 11.4 Å². The molecule has 0 atom stereocenters. The predicted octanol–water partition coefficient (Wildman–Crippen LogP) is 4.30. The zero-order chi connectivity index (χ0) is 28.6. The SMILES string of the molecule is CN(C)Cc1ccc(Cc2ncc3cc(C#CCCC(=O)c4cccn(Cc5cccnc5)c4=O)cnc3n2)cc1. The van der Waals surface area contributed by atoms with Crippen LogP contribution in [-0.4, -0.2) is 49.3 Å². The molecule has 0 saturated heterocycles. The summed E-state index contributed by atoms with van der Waals surface area (Å²) in [5.74, 6) is 6.57. The van der Waals surface area contributed by atoms with Gasteiger partial charge in [-0.2, -0.15) is 0 Å². The Balaban J connectivity index is 1.19. The van der Waals surface area contributed by atoms with Gasteiger partial charge in [-0.05, 0) is 55.1 Å². The van der Waals surface area contributed by atoms with Crippen LogP contribution in [0.15, 0.2) is 90.4 Å². The molecule has 5 rings (SSSR count). The highest BCUT2D eigenvalue weighted by Gasteiger charge is 2.12. The van der Waals surface area contributed by atoms with Crippen molar-refractivity contribution in [2.24, 2.45) is 0 Å². The maximum absolute atomic E-state index is 12.8. The number of nitrogens with zero attached hydrogens (tertiary/aromatic N) is 6. The fraction of sp³-hybridized carbons (Fsp3) is 0.212. The van der Waals surface area contributed by atoms with Gasteiger partial charge in [0.1, 0.15) is 5.82 Å². The minimum atomic E-state index is -0.311. The van der Waals surface area contributed by atoms with Gasteiger partial charge in [0.2, 0.25) is 0 Å². The van der Waals surface area contributed by atoms with Crippen molar-refractivity contribution in [1.29, 1.82) is 0 Å². The Kier molecular flexibility index (Phi) is 8.67. The molecule has 5 aromatic rings. The van der Waals surface area contributed by atoms with Crippen LogP contribution in [0.25, 0.3) is 11.0 Å². The van der Waals surface area contributed by atoms with Crippen molar-refractivity contribution in [3.63, 3.8) is 0 Å². The monoisotopic (exact) mass is 542 g/mol. The van der Waals surface area contributed by atoms with Gasteiger partial charge in [-0.1, -0.05) is 42.2 Å². The van der Waals surface area contributed by atoms with Crippen LogP contribution in [0.5, 0.6) is 0 Å². The molecule has 0 radical (unpaired) electrons. The third kappa shape index (κ3) is 7.35. The number of aromatic nitrogens is 5. The second-order valence-electron chi connectivity index (χ2n) is 10.1. The Morgan fingerprint density at radius 3 is 2.56 bits per heavy atom. The quantitative estimate of drug-likeness (QED) is 0.203. The lowest BCUT2D eigenvalue weighted by molar-refractivity contribution is 0.0982. The van der Waals surface area contributed by atoms with Gasteiger partial charge in [0, 0.05) is 67.7 Å². The number of benzene rings is 1. The molecule has 8 heteroatoms. The average molecular weight is 543 g/mol. The molecular weight excluding hydrogens is 512 g/mol. The van der Waals surface area contributed by atoms with Crippen molar-refractivity contribution in [1.82, 2.24) is 29.4 Å². The number of rotatable bonds is 9. The zero-order valence-corrected chi connectivity index (χ0v) is 23.1. The molecule has 0 spiro atoms. The van der Waals surface area contributed by atoms with Crippen molar-refractivity contribution < 1.29 is 4.79 Å². The van der Waals surface area contributed by atoms with Crippen molar-refractivity contribution in [2.75, 3.05) is 14.1 Å².